The number of pyridine rings is 1. The molecule has 25 heavy (non-hydrogen) atoms. The molecule has 0 N–H and O–H groups in total. The first-order valence-corrected chi connectivity index (χ1v) is 8.45. The zero-order valence-corrected chi connectivity index (χ0v) is 15.1. The summed E-state index contributed by atoms with van der Waals surface area (Å²) in [5.41, 5.74) is 3.04. The van der Waals surface area contributed by atoms with Crippen LogP contribution in [0.3, 0.4) is 0 Å². The molecule has 0 atom stereocenters. The third-order valence-corrected chi connectivity index (χ3v) is 4.25. The highest BCUT2D eigenvalue weighted by atomic mass is 16.2. The number of hydrogen-bond donors (Lipinski definition) is 0. The number of carbonyl (C=O) groups excluding carboxylic acids is 2. The average Bonchev–Trinajstić information content (AvgIpc) is 2.61. The second-order valence-corrected chi connectivity index (χ2v) is 6.13. The summed E-state index contributed by atoms with van der Waals surface area (Å²) in [5.74, 6) is -0.0181. The van der Waals surface area contributed by atoms with Gasteiger partial charge in [-0.3, -0.25) is 14.6 Å². The molecule has 0 radical (unpaired) electrons. The van der Waals surface area contributed by atoms with Crippen molar-refractivity contribution in [2.75, 3.05) is 25.0 Å². The van der Waals surface area contributed by atoms with Crippen LogP contribution in [0.4, 0.5) is 5.69 Å². The van der Waals surface area contributed by atoms with Crippen molar-refractivity contribution in [1.82, 2.24) is 9.88 Å². The molecule has 0 saturated carbocycles. The van der Waals surface area contributed by atoms with Gasteiger partial charge in [-0.15, -0.1) is 0 Å². The fourth-order valence-corrected chi connectivity index (χ4v) is 2.68. The van der Waals surface area contributed by atoms with Crippen LogP contribution in [-0.2, 0) is 16.0 Å². The summed E-state index contributed by atoms with van der Waals surface area (Å²) in [5, 5.41) is 0. The van der Waals surface area contributed by atoms with Gasteiger partial charge >= 0.3 is 0 Å². The Balaban J connectivity index is 1.90. The Morgan fingerprint density at radius 2 is 1.72 bits per heavy atom. The van der Waals surface area contributed by atoms with E-state index < -0.39 is 0 Å². The van der Waals surface area contributed by atoms with E-state index in [0.29, 0.717) is 19.5 Å². The van der Waals surface area contributed by atoms with Crippen LogP contribution in [0.2, 0.25) is 0 Å². The normalized spacial score (nSPS) is 10.4. The molecule has 132 valence electrons. The highest BCUT2D eigenvalue weighted by Gasteiger charge is 2.16. The molecular formula is C20H25N3O2. The maximum atomic E-state index is 12.4. The molecule has 2 aromatic rings. The van der Waals surface area contributed by atoms with Crippen LogP contribution >= 0.6 is 0 Å². The summed E-state index contributed by atoms with van der Waals surface area (Å²) >= 11 is 0. The maximum Gasteiger partial charge on any atom is 0.224 e. The van der Waals surface area contributed by atoms with E-state index in [0.717, 1.165) is 23.2 Å². The van der Waals surface area contributed by atoms with Crippen molar-refractivity contribution < 1.29 is 9.59 Å². The minimum atomic E-state index is -0.0541. The third-order valence-electron chi connectivity index (χ3n) is 4.25. The van der Waals surface area contributed by atoms with Gasteiger partial charge in [0, 0.05) is 51.6 Å². The minimum Gasteiger partial charge on any atom is -0.345 e. The van der Waals surface area contributed by atoms with Crippen molar-refractivity contribution >= 4 is 17.5 Å². The van der Waals surface area contributed by atoms with Crippen LogP contribution in [0.1, 0.15) is 24.5 Å². The zero-order valence-electron chi connectivity index (χ0n) is 15.1. The number of aromatic nitrogens is 1. The van der Waals surface area contributed by atoms with E-state index >= 15 is 0 Å². The first-order valence-electron chi connectivity index (χ1n) is 8.45. The number of para-hydroxylation sites is 1. The van der Waals surface area contributed by atoms with Gasteiger partial charge in [-0.25, -0.2) is 0 Å². The summed E-state index contributed by atoms with van der Waals surface area (Å²) in [6.07, 6.45) is 4.61. The third kappa shape index (κ3) is 5.41. The van der Waals surface area contributed by atoms with Gasteiger partial charge in [0.2, 0.25) is 11.8 Å². The van der Waals surface area contributed by atoms with E-state index in [1.165, 1.54) is 6.92 Å². The van der Waals surface area contributed by atoms with Crippen molar-refractivity contribution in [3.63, 3.8) is 0 Å². The number of benzene rings is 1. The van der Waals surface area contributed by atoms with Gasteiger partial charge in [-0.2, -0.15) is 0 Å². The average molecular weight is 339 g/mol. The Morgan fingerprint density at radius 1 is 1.04 bits per heavy atom. The molecule has 5 heteroatoms. The van der Waals surface area contributed by atoms with Gasteiger partial charge in [0.25, 0.3) is 0 Å². The van der Waals surface area contributed by atoms with E-state index in [1.54, 1.807) is 29.2 Å². The quantitative estimate of drug-likeness (QED) is 0.779. The summed E-state index contributed by atoms with van der Waals surface area (Å²) in [7, 11) is 1.80. The monoisotopic (exact) mass is 339 g/mol. The molecule has 0 aliphatic heterocycles. The predicted molar refractivity (Wildman–Crippen MR) is 99.4 cm³/mol. The number of carbonyl (C=O) groups is 2. The fraction of sp³-hybridized carbons (Fsp3) is 0.350. The van der Waals surface area contributed by atoms with Crippen molar-refractivity contribution in [2.45, 2.75) is 26.7 Å². The molecule has 0 bridgehead atoms. The van der Waals surface area contributed by atoms with E-state index in [-0.39, 0.29) is 11.8 Å². The van der Waals surface area contributed by atoms with Crippen LogP contribution in [0.25, 0.3) is 0 Å². The molecule has 0 aliphatic carbocycles. The topological polar surface area (TPSA) is 53.5 Å². The van der Waals surface area contributed by atoms with Crippen molar-refractivity contribution in [3.8, 4) is 0 Å². The largest absolute Gasteiger partial charge is 0.345 e. The van der Waals surface area contributed by atoms with Gasteiger partial charge in [-0.1, -0.05) is 18.2 Å². The first-order chi connectivity index (χ1) is 12.0. The van der Waals surface area contributed by atoms with E-state index in [1.807, 2.05) is 43.3 Å². The zero-order chi connectivity index (χ0) is 18.2. The van der Waals surface area contributed by atoms with Crippen molar-refractivity contribution in [1.29, 1.82) is 0 Å². The lowest BCUT2D eigenvalue weighted by Gasteiger charge is -2.24. The van der Waals surface area contributed by atoms with E-state index in [4.69, 9.17) is 0 Å². The highest BCUT2D eigenvalue weighted by molar-refractivity contribution is 5.93. The summed E-state index contributed by atoms with van der Waals surface area (Å²) < 4.78 is 0. The first kappa shape index (κ1) is 18.6. The van der Waals surface area contributed by atoms with Crippen molar-refractivity contribution in [3.05, 3.63) is 59.9 Å². The second kappa shape index (κ2) is 8.97. The molecule has 1 aromatic carbocycles. The van der Waals surface area contributed by atoms with E-state index in [9.17, 15) is 9.59 Å². The number of hydrogen-bond acceptors (Lipinski definition) is 3. The predicted octanol–water partition coefficient (Wildman–Crippen LogP) is 2.83. The summed E-state index contributed by atoms with van der Waals surface area (Å²) in [4.78, 5) is 31.7. The molecule has 0 fully saturated rings. The number of rotatable bonds is 7. The van der Waals surface area contributed by atoms with Gasteiger partial charge in [0.1, 0.15) is 0 Å². The van der Waals surface area contributed by atoms with E-state index in [2.05, 4.69) is 4.98 Å². The van der Waals surface area contributed by atoms with Gasteiger partial charge in [0.05, 0.1) is 0 Å². The molecule has 1 aromatic heterocycles. The Hall–Kier alpha value is -2.69. The molecule has 0 unspecified atom stereocenters. The Morgan fingerprint density at radius 3 is 2.36 bits per heavy atom. The van der Waals surface area contributed by atoms with Crippen LogP contribution in [0, 0.1) is 6.92 Å². The SMILES string of the molecule is CC(=O)N(CCC(=O)N(C)CCc1ccncc1)c1ccccc1C. The van der Waals surface area contributed by atoms with Crippen LogP contribution in [-0.4, -0.2) is 41.8 Å². The molecule has 5 nitrogen and oxygen atoms in total. The maximum absolute atomic E-state index is 12.4. The van der Waals surface area contributed by atoms with Crippen LogP contribution < -0.4 is 4.90 Å². The molecule has 2 amide bonds. The van der Waals surface area contributed by atoms with Crippen LogP contribution in [0.15, 0.2) is 48.8 Å². The molecule has 2 rings (SSSR count). The number of likely N-dealkylation sites (N-methyl/N-ethyl adjacent to an activating group) is 1. The van der Waals surface area contributed by atoms with Gasteiger partial charge in [-0.05, 0) is 42.7 Å². The molecular weight excluding hydrogens is 314 g/mol. The van der Waals surface area contributed by atoms with Gasteiger partial charge < -0.3 is 9.80 Å². The molecule has 1 heterocycles. The summed E-state index contributed by atoms with van der Waals surface area (Å²) in [6, 6.07) is 11.6. The standard InChI is InChI=1S/C20H25N3O2/c1-16-6-4-5-7-19(16)23(17(2)24)15-11-20(25)22(3)14-10-18-8-12-21-13-9-18/h4-9,12-13H,10-11,14-15H2,1-3H3. The molecule has 0 saturated heterocycles. The molecule has 0 aliphatic rings. The number of aryl methyl sites for hydroxylation is 1. The smallest absolute Gasteiger partial charge is 0.224 e. The molecule has 0 spiro atoms. The van der Waals surface area contributed by atoms with Crippen molar-refractivity contribution in [2.24, 2.45) is 0 Å². The van der Waals surface area contributed by atoms with Gasteiger partial charge in [0.15, 0.2) is 0 Å². The second-order valence-electron chi connectivity index (χ2n) is 6.13. The Kier molecular flexibility index (Phi) is 6.69. The highest BCUT2D eigenvalue weighted by Crippen LogP contribution is 2.20. The Bertz CT molecular complexity index is 716. The number of anilines is 1. The number of nitrogens with zero attached hydrogens (tertiary/aromatic N) is 3. The number of amides is 2. The fourth-order valence-electron chi connectivity index (χ4n) is 2.68. The summed E-state index contributed by atoms with van der Waals surface area (Å²) in [6.45, 7) is 4.53. The minimum absolute atomic E-state index is 0.0360. The lowest BCUT2D eigenvalue weighted by molar-refractivity contribution is -0.129. The van der Waals surface area contributed by atoms with Crippen LogP contribution in [0.5, 0.6) is 0 Å². The lowest BCUT2D eigenvalue weighted by Crippen LogP contribution is -2.35. The lowest BCUT2D eigenvalue weighted by atomic mass is 10.1. The Labute approximate surface area is 149 Å².